The molecule has 3 heterocycles. The van der Waals surface area contributed by atoms with Gasteiger partial charge >= 0.3 is 11.9 Å². The summed E-state index contributed by atoms with van der Waals surface area (Å²) < 4.78 is 49.8. The number of H-pyrrole nitrogens is 1. The third kappa shape index (κ3) is 11.2. The maximum Gasteiger partial charge on any atom is 0.302 e. The van der Waals surface area contributed by atoms with Gasteiger partial charge in [0.1, 0.15) is 25.4 Å². The summed E-state index contributed by atoms with van der Waals surface area (Å²) in [6.45, 7) is 18.5. The Morgan fingerprint density at radius 3 is 2.12 bits per heavy atom. The predicted octanol–water partition coefficient (Wildman–Crippen LogP) is 2.53. The van der Waals surface area contributed by atoms with Crippen LogP contribution in [0.25, 0.3) is 11.2 Å². The molecule has 3 rings (SSSR count). The first-order chi connectivity index (χ1) is 23.1. The van der Waals surface area contributed by atoms with E-state index in [0.717, 1.165) is 0 Å². The molecule has 1 fully saturated rings. The molecule has 1 aliphatic rings. The van der Waals surface area contributed by atoms with Crippen LogP contribution >= 0.6 is 8.53 Å². The normalized spacial score (nSPS) is 20.2. The van der Waals surface area contributed by atoms with E-state index < -0.39 is 57.0 Å². The first-order valence-electron chi connectivity index (χ1n) is 15.8. The monoisotopic (exact) mass is 714 g/mol. The van der Waals surface area contributed by atoms with Crippen LogP contribution in [0.5, 0.6) is 0 Å². The molecule has 0 saturated carbocycles. The largest absolute Gasteiger partial charge is 0.463 e. The molecule has 2 N–H and O–H groups in total. The van der Waals surface area contributed by atoms with E-state index in [1.54, 1.807) is 13.8 Å². The summed E-state index contributed by atoms with van der Waals surface area (Å²) in [4.78, 5) is 59.2. The maximum absolute atomic E-state index is 13.0. The van der Waals surface area contributed by atoms with Crippen LogP contribution in [0, 0.1) is 12.8 Å². The van der Waals surface area contributed by atoms with Gasteiger partial charge in [-0.15, -0.1) is 0 Å². The van der Waals surface area contributed by atoms with Crippen molar-refractivity contribution in [2.45, 2.75) is 98.5 Å². The lowest BCUT2D eigenvalue weighted by Crippen LogP contribution is -2.42. The highest BCUT2D eigenvalue weighted by Gasteiger charge is 2.50. The lowest BCUT2D eigenvalue weighted by molar-refractivity contribution is -0.320. The van der Waals surface area contributed by atoms with Gasteiger partial charge in [0, 0.05) is 39.0 Å². The topological polar surface area (TPSA) is 204 Å². The Morgan fingerprint density at radius 1 is 1.02 bits per heavy atom. The SMILES string of the molecule is [CH][C@H]1O[C@@H](n2cnc3c(=O)[nH]c(NC(=O)C(C)C)nc32)C(OC(OCCOC(C)=O)OCCOC(C)=O)[C@H]1OP(OC)N(C(C)C)C(C)C. The van der Waals surface area contributed by atoms with Gasteiger partial charge in [0.15, 0.2) is 17.4 Å². The molecule has 2 unspecified atom stereocenters. The minimum absolute atomic E-state index is 0.0229. The molecular formula is C30H47N6O12P. The zero-order valence-corrected chi connectivity index (χ0v) is 30.1. The van der Waals surface area contributed by atoms with Crippen LogP contribution in [0.4, 0.5) is 5.95 Å². The fourth-order valence-electron chi connectivity index (χ4n) is 4.77. The van der Waals surface area contributed by atoms with Gasteiger partial charge in [-0.2, -0.15) is 4.98 Å². The lowest BCUT2D eigenvalue weighted by atomic mass is 10.1. The molecule has 2 aromatic heterocycles. The van der Waals surface area contributed by atoms with Crippen molar-refractivity contribution < 1.29 is 51.9 Å². The Balaban J connectivity index is 2.05. The minimum atomic E-state index is -1.72. The second-order valence-corrected chi connectivity index (χ2v) is 13.3. The number of imidazole rings is 1. The van der Waals surface area contributed by atoms with Crippen LogP contribution in [0.15, 0.2) is 11.1 Å². The molecule has 1 amide bonds. The van der Waals surface area contributed by atoms with Crippen molar-refractivity contribution in [1.29, 1.82) is 0 Å². The fraction of sp³-hybridized carbons (Fsp3) is 0.700. The highest BCUT2D eigenvalue weighted by Crippen LogP contribution is 2.50. The van der Waals surface area contributed by atoms with Crippen molar-refractivity contribution in [3.63, 3.8) is 0 Å². The van der Waals surface area contributed by atoms with Crippen molar-refractivity contribution in [2.75, 3.05) is 38.9 Å². The Hall–Kier alpha value is -3.09. The number of hydrogen-bond donors (Lipinski definition) is 2. The summed E-state index contributed by atoms with van der Waals surface area (Å²) in [6, 6.07) is 0.0458. The zero-order valence-electron chi connectivity index (χ0n) is 29.2. The molecule has 274 valence electrons. The van der Waals surface area contributed by atoms with Crippen LogP contribution in [0.1, 0.15) is 61.6 Å². The average molecular weight is 715 g/mol. The number of rotatable bonds is 19. The molecule has 19 heteroatoms. The van der Waals surface area contributed by atoms with Crippen LogP contribution in [-0.4, -0.2) is 112 Å². The van der Waals surface area contributed by atoms with E-state index in [1.165, 1.54) is 31.9 Å². The highest BCUT2D eigenvalue weighted by atomic mass is 31.2. The van der Waals surface area contributed by atoms with Crippen molar-refractivity contribution in [3.05, 3.63) is 23.6 Å². The van der Waals surface area contributed by atoms with E-state index in [4.69, 9.17) is 44.4 Å². The van der Waals surface area contributed by atoms with E-state index >= 15 is 0 Å². The molecule has 18 nitrogen and oxygen atoms in total. The van der Waals surface area contributed by atoms with Crippen molar-refractivity contribution >= 4 is 43.5 Å². The minimum Gasteiger partial charge on any atom is -0.463 e. The van der Waals surface area contributed by atoms with Gasteiger partial charge in [-0.25, -0.2) is 9.65 Å². The number of ether oxygens (including phenoxy) is 6. The highest BCUT2D eigenvalue weighted by molar-refractivity contribution is 7.44. The Kier molecular flexibility index (Phi) is 15.5. The number of hydrogen-bond acceptors (Lipinski definition) is 15. The lowest BCUT2D eigenvalue weighted by Gasteiger charge is -2.37. The van der Waals surface area contributed by atoms with E-state index in [1.807, 2.05) is 32.4 Å². The standard InChI is InChI=1S/C30H47N6O12P/c1-16(2)26(39)33-29-32-25-22(27(40)34-29)31-15-35(25)28-24(23(19(7)46-28)48-49(41-10)36(17(3)4)18(5)6)47-30(44-13-11-42-20(8)37)45-14-12-43-21(9)38/h7,15-19,23-24,28,30H,11-14H2,1-6,8-10H3,(H2,32,33,34,39,40)/t19-,23+,24?,28-,49?/m1/s1. The molecular weight excluding hydrogens is 667 g/mol. The maximum atomic E-state index is 13.0. The van der Waals surface area contributed by atoms with E-state index in [0.29, 0.717) is 0 Å². The number of esters is 2. The third-order valence-corrected chi connectivity index (χ3v) is 8.90. The van der Waals surface area contributed by atoms with Crippen LogP contribution in [-0.2, 0) is 51.9 Å². The molecule has 1 aliphatic heterocycles. The second kappa shape index (κ2) is 18.8. The summed E-state index contributed by atoms with van der Waals surface area (Å²) in [5.41, 5.74) is -0.597. The average Bonchev–Trinajstić information content (AvgIpc) is 3.56. The fourth-order valence-corrected chi connectivity index (χ4v) is 6.36. The molecule has 0 bridgehead atoms. The molecule has 2 aromatic rings. The number of fused-ring (bicyclic) bond motifs is 1. The number of carbonyl (C=O) groups is 3. The number of aromatic nitrogens is 4. The molecule has 5 atom stereocenters. The van der Waals surface area contributed by atoms with Gasteiger partial charge in [0.25, 0.3) is 20.6 Å². The van der Waals surface area contributed by atoms with Crippen LogP contribution < -0.4 is 10.9 Å². The number of anilines is 1. The molecule has 0 spiro atoms. The Bertz CT molecular complexity index is 1420. The first-order valence-corrected chi connectivity index (χ1v) is 16.9. The van der Waals surface area contributed by atoms with Gasteiger partial charge in [0.2, 0.25) is 11.9 Å². The van der Waals surface area contributed by atoms with E-state index in [-0.39, 0.29) is 67.4 Å². The molecule has 49 heavy (non-hydrogen) atoms. The number of amides is 1. The van der Waals surface area contributed by atoms with Gasteiger partial charge in [0.05, 0.1) is 25.6 Å². The third-order valence-electron chi connectivity index (χ3n) is 6.87. The molecule has 1 saturated heterocycles. The van der Waals surface area contributed by atoms with Crippen molar-refractivity contribution in [3.8, 4) is 0 Å². The number of nitrogens with zero attached hydrogens (tertiary/aromatic N) is 4. The first kappa shape index (κ1) is 40.3. The predicted molar refractivity (Wildman–Crippen MR) is 175 cm³/mol. The Labute approximate surface area is 286 Å². The molecule has 2 radical (unpaired) electrons. The molecule has 0 aliphatic carbocycles. The van der Waals surface area contributed by atoms with E-state index in [2.05, 4.69) is 20.3 Å². The number of carbonyl (C=O) groups excluding carboxylic acids is 3. The summed E-state index contributed by atoms with van der Waals surface area (Å²) in [7, 11) is -0.198. The van der Waals surface area contributed by atoms with Crippen molar-refractivity contribution in [1.82, 2.24) is 24.2 Å². The number of aromatic amines is 1. The van der Waals surface area contributed by atoms with Gasteiger partial charge in [-0.05, 0) is 34.6 Å². The summed E-state index contributed by atoms with van der Waals surface area (Å²) >= 11 is 0. The van der Waals surface area contributed by atoms with Gasteiger partial charge in [-0.1, -0.05) is 13.8 Å². The summed E-state index contributed by atoms with van der Waals surface area (Å²) in [6.07, 6.45) is -3.07. The number of nitrogens with one attached hydrogen (secondary N) is 2. The molecule has 0 aromatic carbocycles. The summed E-state index contributed by atoms with van der Waals surface area (Å²) in [5, 5.41) is 2.58. The van der Waals surface area contributed by atoms with Gasteiger partial charge in [-0.3, -0.25) is 34.0 Å². The Morgan fingerprint density at radius 2 is 1.61 bits per heavy atom. The summed E-state index contributed by atoms with van der Waals surface area (Å²) in [5.74, 6) is -1.87. The quantitative estimate of drug-likeness (QED) is 0.0929. The van der Waals surface area contributed by atoms with E-state index in [9.17, 15) is 19.2 Å². The zero-order chi connectivity index (χ0) is 36.4. The van der Waals surface area contributed by atoms with Crippen LogP contribution in [0.3, 0.4) is 0 Å². The van der Waals surface area contributed by atoms with Crippen molar-refractivity contribution in [2.24, 2.45) is 5.92 Å². The van der Waals surface area contributed by atoms with Gasteiger partial charge < -0.3 is 37.5 Å². The smallest absolute Gasteiger partial charge is 0.302 e. The second-order valence-electron chi connectivity index (χ2n) is 11.7. The van der Waals surface area contributed by atoms with Crippen LogP contribution in [0.2, 0.25) is 0 Å².